The summed E-state index contributed by atoms with van der Waals surface area (Å²) in [6, 6.07) is 3.65. The van der Waals surface area contributed by atoms with E-state index in [0.29, 0.717) is 0 Å². The van der Waals surface area contributed by atoms with E-state index in [9.17, 15) is 28.1 Å². The minimum atomic E-state index is -4.34. The fourth-order valence-corrected chi connectivity index (χ4v) is 3.95. The number of hydrogen-bond donors (Lipinski definition) is 2. The second-order valence-corrected chi connectivity index (χ2v) is 7.26. The highest BCUT2D eigenvalue weighted by molar-refractivity contribution is 7.89. The summed E-state index contributed by atoms with van der Waals surface area (Å²) in [6.07, 6.45) is 0. The second kappa shape index (κ2) is 5.83. The highest BCUT2D eigenvalue weighted by Gasteiger charge is 2.53. The Hall–Kier alpha value is -2.53. The number of sulfonamides is 1. The second-order valence-electron chi connectivity index (χ2n) is 5.61. The Kier molecular flexibility index (Phi) is 4.33. The van der Waals surface area contributed by atoms with Gasteiger partial charge in [-0.05, 0) is 19.9 Å². The van der Waals surface area contributed by atoms with E-state index in [0.717, 1.165) is 17.0 Å². The van der Waals surface area contributed by atoms with Crippen LogP contribution >= 0.6 is 0 Å². The fraction of sp³-hybridized carbons (Fsp3) is 0.385. The van der Waals surface area contributed by atoms with E-state index in [4.69, 9.17) is 5.11 Å². The number of likely N-dealkylation sites (tertiary alicyclic amines) is 1. The van der Waals surface area contributed by atoms with Crippen LogP contribution < -0.4 is 4.72 Å². The number of carbonyl (C=O) groups is 2. The van der Waals surface area contributed by atoms with Gasteiger partial charge in [0.1, 0.15) is 11.6 Å². The number of β-lactam (4-membered cyclic amide) rings is 1. The Morgan fingerprint density at radius 1 is 1.46 bits per heavy atom. The van der Waals surface area contributed by atoms with E-state index >= 15 is 0 Å². The molecule has 1 amide bonds. The third kappa shape index (κ3) is 2.95. The lowest BCUT2D eigenvalue weighted by molar-refractivity contribution is -0.387. The maximum absolute atomic E-state index is 12.4. The zero-order valence-electron chi connectivity index (χ0n) is 12.8. The molecule has 11 heteroatoms. The molecule has 1 aromatic rings. The first kappa shape index (κ1) is 17.8. The number of amides is 1. The molecule has 24 heavy (non-hydrogen) atoms. The van der Waals surface area contributed by atoms with Crippen molar-refractivity contribution in [2.24, 2.45) is 0 Å². The van der Waals surface area contributed by atoms with Crippen LogP contribution in [-0.2, 0) is 19.6 Å². The van der Waals surface area contributed by atoms with Crippen LogP contribution in [0.4, 0.5) is 5.69 Å². The number of carboxylic acids is 1. The molecule has 0 aliphatic carbocycles. The van der Waals surface area contributed by atoms with Gasteiger partial charge in [0.05, 0.1) is 4.92 Å². The highest BCUT2D eigenvalue weighted by Crippen LogP contribution is 2.29. The average molecular weight is 357 g/mol. The molecule has 1 aliphatic heterocycles. The molecule has 130 valence electrons. The Morgan fingerprint density at radius 2 is 2.04 bits per heavy atom. The van der Waals surface area contributed by atoms with Crippen LogP contribution in [0, 0.1) is 10.1 Å². The molecular weight excluding hydrogens is 342 g/mol. The number of aliphatic carboxylic acids is 1. The zero-order valence-corrected chi connectivity index (χ0v) is 13.6. The van der Waals surface area contributed by atoms with Gasteiger partial charge >= 0.3 is 5.97 Å². The largest absolute Gasteiger partial charge is 0.480 e. The summed E-state index contributed by atoms with van der Waals surface area (Å²) in [5.41, 5.74) is -2.16. The van der Waals surface area contributed by atoms with E-state index in [-0.39, 0.29) is 6.54 Å². The van der Waals surface area contributed by atoms with Crippen molar-refractivity contribution in [3.63, 3.8) is 0 Å². The van der Waals surface area contributed by atoms with Crippen LogP contribution in [0.25, 0.3) is 0 Å². The van der Waals surface area contributed by atoms with Gasteiger partial charge in [0.15, 0.2) is 4.90 Å². The van der Waals surface area contributed by atoms with Crippen molar-refractivity contribution in [1.82, 2.24) is 9.62 Å². The first-order valence-corrected chi connectivity index (χ1v) is 8.29. The molecule has 2 rings (SSSR count). The first-order chi connectivity index (χ1) is 11.0. The lowest BCUT2D eigenvalue weighted by Crippen LogP contribution is -2.74. The van der Waals surface area contributed by atoms with Gasteiger partial charge in [-0.3, -0.25) is 14.9 Å². The van der Waals surface area contributed by atoms with Crippen molar-refractivity contribution in [2.75, 3.05) is 6.54 Å². The van der Waals surface area contributed by atoms with Gasteiger partial charge in [0.2, 0.25) is 15.9 Å². The van der Waals surface area contributed by atoms with Gasteiger partial charge in [-0.1, -0.05) is 12.1 Å². The van der Waals surface area contributed by atoms with Gasteiger partial charge in [0.25, 0.3) is 5.69 Å². The van der Waals surface area contributed by atoms with Crippen molar-refractivity contribution in [1.29, 1.82) is 0 Å². The van der Waals surface area contributed by atoms with Crippen molar-refractivity contribution < 1.29 is 28.0 Å². The Balaban J connectivity index is 2.27. The lowest BCUT2D eigenvalue weighted by Gasteiger charge is -2.48. The normalized spacial score (nSPS) is 21.9. The average Bonchev–Trinajstić information content (AvgIpc) is 2.51. The third-order valence-electron chi connectivity index (χ3n) is 3.76. The molecule has 1 saturated heterocycles. The van der Waals surface area contributed by atoms with Crippen molar-refractivity contribution in [2.45, 2.75) is 30.3 Å². The molecule has 0 saturated carbocycles. The van der Waals surface area contributed by atoms with Gasteiger partial charge in [-0.2, -0.15) is 4.72 Å². The van der Waals surface area contributed by atoms with Crippen LogP contribution in [0.3, 0.4) is 0 Å². The summed E-state index contributed by atoms with van der Waals surface area (Å²) >= 11 is 0. The Morgan fingerprint density at radius 3 is 2.54 bits per heavy atom. The molecule has 1 heterocycles. The molecule has 1 fully saturated rings. The number of nitrogens with one attached hydrogen (secondary N) is 1. The van der Waals surface area contributed by atoms with Crippen LogP contribution in [0.1, 0.15) is 13.8 Å². The molecule has 2 atom stereocenters. The van der Waals surface area contributed by atoms with E-state index in [1.54, 1.807) is 0 Å². The van der Waals surface area contributed by atoms with Gasteiger partial charge in [0, 0.05) is 12.6 Å². The van der Waals surface area contributed by atoms with Crippen molar-refractivity contribution >= 4 is 27.6 Å². The van der Waals surface area contributed by atoms with Gasteiger partial charge < -0.3 is 10.0 Å². The number of nitro benzene ring substituents is 1. The standard InChI is InChI=1S/C13H15N3O7S/c1-8(11(17)18)15-7-13(2,12(15)19)14-24(22,23)10-6-4-3-5-9(10)16(20)21/h3-6,8,14H,7H2,1-2H3,(H,17,18)/t8-,13-/m1/s1. The number of nitrogens with zero attached hydrogens (tertiary/aromatic N) is 2. The van der Waals surface area contributed by atoms with Crippen LogP contribution in [0.15, 0.2) is 29.2 Å². The maximum Gasteiger partial charge on any atom is 0.326 e. The Bertz CT molecular complexity index is 823. The number of benzene rings is 1. The maximum atomic E-state index is 12.4. The lowest BCUT2D eigenvalue weighted by atomic mass is 9.90. The minimum absolute atomic E-state index is 0.154. The molecule has 10 nitrogen and oxygen atoms in total. The fourth-order valence-electron chi connectivity index (χ4n) is 2.41. The summed E-state index contributed by atoms with van der Waals surface area (Å²) in [5, 5.41) is 19.9. The van der Waals surface area contributed by atoms with E-state index in [1.165, 1.54) is 26.0 Å². The number of rotatable bonds is 6. The number of carboxylic acid groups (broad SMARTS) is 1. The first-order valence-electron chi connectivity index (χ1n) is 6.81. The number of nitro groups is 1. The SMILES string of the molecule is C[C@H](C(=O)O)N1C[C@@](C)(NS(=O)(=O)c2ccccc2[N+](=O)[O-])C1=O. The zero-order chi connectivity index (χ0) is 18.3. The quantitative estimate of drug-likeness (QED) is 0.412. The molecule has 1 aromatic carbocycles. The monoisotopic (exact) mass is 357 g/mol. The number of para-hydroxylation sites is 1. The summed E-state index contributed by atoms with van der Waals surface area (Å²) in [4.78, 5) is 33.6. The predicted molar refractivity (Wildman–Crippen MR) is 80.6 cm³/mol. The number of carbonyl (C=O) groups excluding carboxylic acids is 1. The molecule has 1 aliphatic rings. The van der Waals surface area contributed by atoms with Crippen LogP contribution in [0.5, 0.6) is 0 Å². The van der Waals surface area contributed by atoms with Crippen LogP contribution in [-0.4, -0.2) is 53.3 Å². The molecular formula is C13H15N3O7S. The van der Waals surface area contributed by atoms with E-state index in [2.05, 4.69) is 4.72 Å². The number of hydrogen-bond acceptors (Lipinski definition) is 6. The third-order valence-corrected chi connectivity index (χ3v) is 5.40. The Labute approximate surface area is 137 Å². The summed E-state index contributed by atoms with van der Waals surface area (Å²) in [5.74, 6) is -1.92. The van der Waals surface area contributed by atoms with Gasteiger partial charge in [-0.15, -0.1) is 0 Å². The summed E-state index contributed by atoms with van der Waals surface area (Å²) < 4.78 is 27.0. The van der Waals surface area contributed by atoms with E-state index in [1.807, 2.05) is 0 Å². The molecule has 2 N–H and O–H groups in total. The molecule has 0 radical (unpaired) electrons. The van der Waals surface area contributed by atoms with E-state index < -0.39 is 49.0 Å². The van der Waals surface area contributed by atoms with Gasteiger partial charge in [-0.25, -0.2) is 13.2 Å². The molecule has 0 aromatic heterocycles. The predicted octanol–water partition coefficient (Wildman–Crippen LogP) is -0.0529. The van der Waals surface area contributed by atoms with Crippen molar-refractivity contribution in [3.8, 4) is 0 Å². The molecule has 0 unspecified atom stereocenters. The summed E-state index contributed by atoms with van der Waals surface area (Å²) in [7, 11) is -4.34. The van der Waals surface area contributed by atoms with Crippen LogP contribution in [0.2, 0.25) is 0 Å². The highest BCUT2D eigenvalue weighted by atomic mass is 32.2. The molecule has 0 spiro atoms. The minimum Gasteiger partial charge on any atom is -0.480 e. The summed E-state index contributed by atoms with van der Waals surface area (Å²) in [6.45, 7) is 2.45. The smallest absolute Gasteiger partial charge is 0.326 e. The topological polar surface area (TPSA) is 147 Å². The van der Waals surface area contributed by atoms with Crippen molar-refractivity contribution in [3.05, 3.63) is 34.4 Å². The molecule has 0 bridgehead atoms.